The Bertz CT molecular complexity index is 454. The minimum absolute atomic E-state index is 0.151. The van der Waals surface area contributed by atoms with Crippen molar-refractivity contribution in [2.24, 2.45) is 4.99 Å². The van der Waals surface area contributed by atoms with E-state index >= 15 is 0 Å². The summed E-state index contributed by atoms with van der Waals surface area (Å²) in [7, 11) is 0.325. The molecule has 1 saturated carbocycles. The van der Waals surface area contributed by atoms with Crippen LogP contribution in [0, 0.1) is 0 Å². The number of hydrogen-bond acceptors (Lipinski definition) is 4. The van der Waals surface area contributed by atoms with Gasteiger partial charge >= 0.3 is 0 Å². The Morgan fingerprint density at radius 2 is 2.14 bits per heavy atom. The van der Waals surface area contributed by atoms with Crippen molar-refractivity contribution >= 4 is 27.7 Å². The Morgan fingerprint density at radius 1 is 1.41 bits per heavy atom. The Morgan fingerprint density at radius 3 is 2.68 bits per heavy atom. The number of hydrogen-bond donors (Lipinski definition) is 2. The van der Waals surface area contributed by atoms with Crippen LogP contribution in [0.5, 0.6) is 0 Å². The Balaban J connectivity index is 2.25. The van der Waals surface area contributed by atoms with Crippen LogP contribution in [0.15, 0.2) is 4.99 Å². The zero-order chi connectivity index (χ0) is 16.6. The van der Waals surface area contributed by atoms with E-state index < -0.39 is 10.0 Å². The van der Waals surface area contributed by atoms with Crippen molar-refractivity contribution in [1.82, 2.24) is 14.9 Å². The van der Waals surface area contributed by atoms with Crippen LogP contribution in [0.3, 0.4) is 0 Å². The van der Waals surface area contributed by atoms with Crippen molar-refractivity contribution in [3.63, 3.8) is 0 Å². The van der Waals surface area contributed by atoms with Gasteiger partial charge in [0, 0.05) is 38.5 Å². The fraction of sp³-hybridized carbons (Fsp3) is 0.929. The molecule has 2 atom stereocenters. The van der Waals surface area contributed by atoms with Gasteiger partial charge in [-0.2, -0.15) is 11.8 Å². The van der Waals surface area contributed by atoms with E-state index in [0.29, 0.717) is 19.1 Å². The van der Waals surface area contributed by atoms with Crippen molar-refractivity contribution in [3.8, 4) is 0 Å². The van der Waals surface area contributed by atoms with Crippen LogP contribution in [0.4, 0.5) is 0 Å². The van der Waals surface area contributed by atoms with Crippen LogP contribution in [0.25, 0.3) is 0 Å². The summed E-state index contributed by atoms with van der Waals surface area (Å²) in [4.78, 5) is 4.24. The topological polar surface area (TPSA) is 73.8 Å². The summed E-state index contributed by atoms with van der Waals surface area (Å²) in [5.74, 6) is 0.964. The molecule has 0 spiro atoms. The summed E-state index contributed by atoms with van der Waals surface area (Å²) in [6, 6.07) is 0.492. The van der Waals surface area contributed by atoms with Gasteiger partial charge in [0.05, 0.1) is 5.75 Å². The van der Waals surface area contributed by atoms with E-state index in [1.165, 1.54) is 23.6 Å². The molecular formula is C14H30N4O2S2. The number of thioether (sulfide) groups is 1. The Labute approximate surface area is 139 Å². The van der Waals surface area contributed by atoms with Gasteiger partial charge in [-0.3, -0.25) is 4.99 Å². The third kappa shape index (κ3) is 6.34. The highest BCUT2D eigenvalue weighted by Gasteiger charge is 2.24. The highest BCUT2D eigenvalue weighted by atomic mass is 32.2. The molecule has 0 aliphatic heterocycles. The van der Waals surface area contributed by atoms with E-state index in [9.17, 15) is 8.42 Å². The molecule has 6 nitrogen and oxygen atoms in total. The zero-order valence-electron chi connectivity index (χ0n) is 14.1. The number of sulfonamides is 1. The fourth-order valence-electron chi connectivity index (χ4n) is 2.54. The van der Waals surface area contributed by atoms with Crippen molar-refractivity contribution in [3.05, 3.63) is 0 Å². The summed E-state index contributed by atoms with van der Waals surface area (Å²) in [5.41, 5.74) is 0. The molecule has 0 radical (unpaired) electrons. The summed E-state index contributed by atoms with van der Waals surface area (Å²) >= 11 is 1.94. The lowest BCUT2D eigenvalue weighted by Crippen LogP contribution is -2.43. The first kappa shape index (κ1) is 19.6. The standard InChI is InChI=1S/C14H30N4O2S2/c1-5-22(19,20)18(3)10-6-9-16-14(15-2)17-12-7-8-13(11-12)21-4/h12-13H,5-11H2,1-4H3,(H2,15,16,17). The third-order valence-corrected chi connectivity index (χ3v) is 7.02. The zero-order valence-corrected chi connectivity index (χ0v) is 15.8. The number of nitrogens with one attached hydrogen (secondary N) is 2. The smallest absolute Gasteiger partial charge is 0.213 e. The lowest BCUT2D eigenvalue weighted by atomic mass is 10.2. The van der Waals surface area contributed by atoms with E-state index in [1.54, 1.807) is 21.0 Å². The first-order chi connectivity index (χ1) is 10.4. The SMILES string of the molecule is CCS(=O)(=O)N(C)CCCNC(=NC)NC1CCC(SC)C1. The van der Waals surface area contributed by atoms with E-state index in [2.05, 4.69) is 21.9 Å². The molecule has 0 saturated heterocycles. The van der Waals surface area contributed by atoms with Gasteiger partial charge in [0.15, 0.2) is 5.96 Å². The number of rotatable bonds is 8. The van der Waals surface area contributed by atoms with Gasteiger partial charge in [-0.15, -0.1) is 0 Å². The third-order valence-electron chi connectivity index (χ3n) is 4.06. The maximum Gasteiger partial charge on any atom is 0.213 e. The lowest BCUT2D eigenvalue weighted by molar-refractivity contribution is 0.461. The highest BCUT2D eigenvalue weighted by molar-refractivity contribution is 7.99. The van der Waals surface area contributed by atoms with Crippen molar-refractivity contribution < 1.29 is 8.42 Å². The number of aliphatic imine (C=N–C) groups is 1. The van der Waals surface area contributed by atoms with Gasteiger partial charge in [-0.25, -0.2) is 12.7 Å². The molecule has 0 aromatic rings. The second-order valence-electron chi connectivity index (χ2n) is 5.59. The maximum absolute atomic E-state index is 11.6. The molecule has 2 N–H and O–H groups in total. The van der Waals surface area contributed by atoms with E-state index in [1.807, 2.05) is 11.8 Å². The summed E-state index contributed by atoms with van der Waals surface area (Å²) < 4.78 is 24.7. The normalized spacial score (nSPS) is 23.0. The molecule has 130 valence electrons. The molecule has 1 fully saturated rings. The molecule has 0 bridgehead atoms. The first-order valence-electron chi connectivity index (χ1n) is 7.87. The predicted octanol–water partition coefficient (Wildman–Crippen LogP) is 1.11. The average Bonchev–Trinajstić information content (AvgIpc) is 2.97. The fourth-order valence-corrected chi connectivity index (χ4v) is 4.19. The van der Waals surface area contributed by atoms with Gasteiger partial charge in [0.2, 0.25) is 10.0 Å². The molecule has 0 aromatic carbocycles. The molecule has 0 aromatic heterocycles. The van der Waals surface area contributed by atoms with Gasteiger partial charge in [0.25, 0.3) is 0 Å². The largest absolute Gasteiger partial charge is 0.356 e. The minimum atomic E-state index is -3.07. The van der Waals surface area contributed by atoms with Crippen LogP contribution in [0.1, 0.15) is 32.6 Å². The Hall–Kier alpha value is -0.470. The predicted molar refractivity (Wildman–Crippen MR) is 96.1 cm³/mol. The molecule has 0 amide bonds. The molecule has 0 heterocycles. The molecule has 2 unspecified atom stereocenters. The van der Waals surface area contributed by atoms with Gasteiger partial charge < -0.3 is 10.6 Å². The summed E-state index contributed by atoms with van der Waals surface area (Å²) in [6.07, 6.45) is 6.55. The molecule has 1 aliphatic carbocycles. The molecule has 1 aliphatic rings. The average molecular weight is 351 g/mol. The van der Waals surface area contributed by atoms with Gasteiger partial charge in [-0.05, 0) is 38.9 Å². The number of nitrogens with zero attached hydrogens (tertiary/aromatic N) is 2. The Kier molecular flexibility index (Phi) is 8.56. The molecule has 1 rings (SSSR count). The van der Waals surface area contributed by atoms with Crippen LogP contribution in [-0.4, -0.2) is 69.2 Å². The monoisotopic (exact) mass is 350 g/mol. The molecule has 22 heavy (non-hydrogen) atoms. The molecule has 8 heteroatoms. The highest BCUT2D eigenvalue weighted by Crippen LogP contribution is 2.27. The van der Waals surface area contributed by atoms with Crippen LogP contribution in [0.2, 0.25) is 0 Å². The number of guanidine groups is 1. The van der Waals surface area contributed by atoms with Gasteiger partial charge in [0.1, 0.15) is 0 Å². The van der Waals surface area contributed by atoms with Crippen LogP contribution in [-0.2, 0) is 10.0 Å². The first-order valence-corrected chi connectivity index (χ1v) is 10.8. The van der Waals surface area contributed by atoms with Crippen molar-refractivity contribution in [2.45, 2.75) is 43.9 Å². The van der Waals surface area contributed by atoms with Crippen LogP contribution < -0.4 is 10.6 Å². The van der Waals surface area contributed by atoms with Crippen molar-refractivity contribution in [1.29, 1.82) is 0 Å². The van der Waals surface area contributed by atoms with Gasteiger partial charge in [-0.1, -0.05) is 0 Å². The second kappa shape index (κ2) is 9.62. The summed E-state index contributed by atoms with van der Waals surface area (Å²) in [5, 5.41) is 7.47. The maximum atomic E-state index is 11.6. The van der Waals surface area contributed by atoms with E-state index in [-0.39, 0.29) is 5.75 Å². The van der Waals surface area contributed by atoms with Crippen molar-refractivity contribution in [2.75, 3.05) is 39.2 Å². The second-order valence-corrected chi connectivity index (χ2v) is 9.09. The van der Waals surface area contributed by atoms with Crippen LogP contribution >= 0.6 is 11.8 Å². The lowest BCUT2D eigenvalue weighted by Gasteiger charge is -2.19. The van der Waals surface area contributed by atoms with E-state index in [4.69, 9.17) is 0 Å². The molecular weight excluding hydrogens is 320 g/mol. The van der Waals surface area contributed by atoms with E-state index in [0.717, 1.165) is 17.6 Å². The summed E-state index contributed by atoms with van der Waals surface area (Å²) in [6.45, 7) is 2.90. The quantitative estimate of drug-likeness (QED) is 0.390. The minimum Gasteiger partial charge on any atom is -0.356 e.